The molecule has 1 heterocycles. The molecule has 0 saturated heterocycles. The smallest absolute Gasteiger partial charge is 0.225 e. The zero-order chi connectivity index (χ0) is 15.5. The summed E-state index contributed by atoms with van der Waals surface area (Å²) in [6.45, 7) is 4.03. The molecule has 1 atom stereocenters. The molecule has 3 N–H and O–H groups in total. The van der Waals surface area contributed by atoms with Crippen LogP contribution in [0, 0.1) is 6.92 Å². The monoisotopic (exact) mass is 298 g/mol. The Hall–Kier alpha value is -2.14. The minimum atomic E-state index is -0.0687. The number of aliphatic hydroxyl groups is 1. The summed E-state index contributed by atoms with van der Waals surface area (Å²) < 4.78 is 0. The Morgan fingerprint density at radius 1 is 1.27 bits per heavy atom. The molecule has 0 amide bonds. The molecule has 1 aliphatic rings. The van der Waals surface area contributed by atoms with Gasteiger partial charge in [0.2, 0.25) is 5.95 Å². The van der Waals surface area contributed by atoms with E-state index in [9.17, 15) is 5.11 Å². The maximum absolute atomic E-state index is 9.19. The second-order valence-electron chi connectivity index (χ2n) is 5.94. The van der Waals surface area contributed by atoms with Crippen LogP contribution in [-0.2, 0) is 0 Å². The lowest BCUT2D eigenvalue weighted by atomic mass is 10.2. The van der Waals surface area contributed by atoms with Gasteiger partial charge in [0.25, 0.3) is 0 Å². The van der Waals surface area contributed by atoms with Gasteiger partial charge in [-0.1, -0.05) is 18.2 Å². The number of aromatic nitrogens is 2. The molecule has 1 aromatic carbocycles. The molecule has 116 valence electrons. The molecule has 0 bridgehead atoms. The van der Waals surface area contributed by atoms with Crippen LogP contribution in [0.4, 0.5) is 17.5 Å². The van der Waals surface area contributed by atoms with E-state index in [4.69, 9.17) is 0 Å². The Morgan fingerprint density at radius 2 is 2.05 bits per heavy atom. The quantitative estimate of drug-likeness (QED) is 0.764. The van der Waals surface area contributed by atoms with E-state index in [1.165, 1.54) is 18.4 Å². The van der Waals surface area contributed by atoms with Crippen molar-refractivity contribution in [2.45, 2.75) is 38.6 Å². The lowest BCUT2D eigenvalue weighted by molar-refractivity contribution is 0.281. The van der Waals surface area contributed by atoms with E-state index in [-0.39, 0.29) is 12.6 Å². The molecule has 3 rings (SSSR count). The molecule has 0 unspecified atom stereocenters. The summed E-state index contributed by atoms with van der Waals surface area (Å²) in [4.78, 5) is 9.10. The average molecular weight is 298 g/mol. The van der Waals surface area contributed by atoms with E-state index in [1.807, 2.05) is 31.2 Å². The van der Waals surface area contributed by atoms with Gasteiger partial charge in [0.15, 0.2) is 0 Å². The Balaban J connectivity index is 1.87. The van der Waals surface area contributed by atoms with Gasteiger partial charge in [0.1, 0.15) is 5.82 Å². The summed E-state index contributed by atoms with van der Waals surface area (Å²) in [6.07, 6.45) is 2.38. The molecule has 0 spiro atoms. The second-order valence-corrected chi connectivity index (χ2v) is 5.94. The fourth-order valence-corrected chi connectivity index (χ4v) is 2.30. The Kier molecular flexibility index (Phi) is 4.24. The zero-order valence-electron chi connectivity index (χ0n) is 13.0. The molecule has 1 saturated carbocycles. The van der Waals surface area contributed by atoms with Crippen molar-refractivity contribution < 1.29 is 5.11 Å². The third-order valence-corrected chi connectivity index (χ3v) is 3.80. The van der Waals surface area contributed by atoms with Crippen molar-refractivity contribution in [2.75, 3.05) is 17.2 Å². The first-order valence-corrected chi connectivity index (χ1v) is 7.74. The van der Waals surface area contributed by atoms with Gasteiger partial charge in [0.05, 0.1) is 12.3 Å². The molecule has 2 aromatic rings. The van der Waals surface area contributed by atoms with E-state index in [2.05, 4.69) is 33.6 Å². The SMILES string of the molecule is Cc1ccccc1Nc1cc(C2CC2)nc(N[C@@H](C)CO)n1. The number of benzene rings is 1. The molecule has 1 aromatic heterocycles. The van der Waals surface area contributed by atoms with E-state index in [0.29, 0.717) is 11.9 Å². The highest BCUT2D eigenvalue weighted by Gasteiger charge is 2.26. The van der Waals surface area contributed by atoms with Crippen molar-refractivity contribution in [2.24, 2.45) is 0 Å². The number of rotatable bonds is 6. The number of aryl methyl sites for hydroxylation is 1. The first-order valence-electron chi connectivity index (χ1n) is 7.74. The van der Waals surface area contributed by atoms with Gasteiger partial charge in [-0.25, -0.2) is 4.98 Å². The normalized spacial score (nSPS) is 15.4. The number of anilines is 3. The van der Waals surface area contributed by atoms with Crippen molar-refractivity contribution in [1.82, 2.24) is 9.97 Å². The largest absolute Gasteiger partial charge is 0.394 e. The maximum atomic E-state index is 9.19. The second kappa shape index (κ2) is 6.32. The summed E-state index contributed by atoms with van der Waals surface area (Å²) in [5, 5.41) is 15.7. The average Bonchev–Trinajstić information content (AvgIpc) is 3.34. The Bertz CT molecular complexity index is 655. The van der Waals surface area contributed by atoms with E-state index < -0.39 is 0 Å². The van der Waals surface area contributed by atoms with Gasteiger partial charge in [-0.3, -0.25) is 0 Å². The van der Waals surface area contributed by atoms with Crippen LogP contribution in [0.1, 0.15) is 36.9 Å². The minimum Gasteiger partial charge on any atom is -0.394 e. The van der Waals surface area contributed by atoms with Gasteiger partial charge in [-0.2, -0.15) is 4.98 Å². The van der Waals surface area contributed by atoms with Crippen LogP contribution in [0.15, 0.2) is 30.3 Å². The molecule has 5 heteroatoms. The van der Waals surface area contributed by atoms with Gasteiger partial charge in [-0.05, 0) is 38.3 Å². The van der Waals surface area contributed by atoms with Crippen LogP contribution in [0.3, 0.4) is 0 Å². The van der Waals surface area contributed by atoms with Crippen LogP contribution in [-0.4, -0.2) is 27.7 Å². The fourth-order valence-electron chi connectivity index (χ4n) is 2.30. The van der Waals surface area contributed by atoms with Crippen molar-refractivity contribution in [3.05, 3.63) is 41.6 Å². The summed E-state index contributed by atoms with van der Waals surface area (Å²) in [5.74, 6) is 1.91. The highest BCUT2D eigenvalue weighted by Crippen LogP contribution is 2.40. The first kappa shape index (κ1) is 14.8. The van der Waals surface area contributed by atoms with Crippen LogP contribution >= 0.6 is 0 Å². The molecule has 0 radical (unpaired) electrons. The number of para-hydroxylation sites is 1. The van der Waals surface area contributed by atoms with Crippen LogP contribution in [0.25, 0.3) is 0 Å². The van der Waals surface area contributed by atoms with Gasteiger partial charge in [0, 0.05) is 23.7 Å². The summed E-state index contributed by atoms with van der Waals surface area (Å²) in [6, 6.07) is 10.1. The van der Waals surface area contributed by atoms with Gasteiger partial charge < -0.3 is 15.7 Å². The molecule has 1 aliphatic carbocycles. The Morgan fingerprint density at radius 3 is 2.73 bits per heavy atom. The third-order valence-electron chi connectivity index (χ3n) is 3.80. The zero-order valence-corrected chi connectivity index (χ0v) is 13.0. The topological polar surface area (TPSA) is 70.1 Å². The van der Waals surface area contributed by atoms with Crippen LogP contribution in [0.5, 0.6) is 0 Å². The molecule has 0 aliphatic heterocycles. The van der Waals surface area contributed by atoms with Crippen molar-refractivity contribution in [1.29, 1.82) is 0 Å². The van der Waals surface area contributed by atoms with Crippen molar-refractivity contribution >= 4 is 17.5 Å². The highest BCUT2D eigenvalue weighted by molar-refractivity contribution is 5.61. The van der Waals surface area contributed by atoms with Crippen molar-refractivity contribution in [3.63, 3.8) is 0 Å². The predicted octanol–water partition coefficient (Wildman–Crippen LogP) is 3.20. The highest BCUT2D eigenvalue weighted by atomic mass is 16.3. The molecule has 22 heavy (non-hydrogen) atoms. The lowest BCUT2D eigenvalue weighted by Gasteiger charge is -2.14. The van der Waals surface area contributed by atoms with Crippen LogP contribution < -0.4 is 10.6 Å². The third kappa shape index (κ3) is 3.54. The number of hydrogen-bond donors (Lipinski definition) is 3. The fraction of sp³-hybridized carbons (Fsp3) is 0.412. The molecule has 5 nitrogen and oxygen atoms in total. The van der Waals surface area contributed by atoms with Gasteiger partial charge >= 0.3 is 0 Å². The number of nitrogens with one attached hydrogen (secondary N) is 2. The minimum absolute atomic E-state index is 0.0531. The summed E-state index contributed by atoms with van der Waals surface area (Å²) in [7, 11) is 0. The lowest BCUT2D eigenvalue weighted by Crippen LogP contribution is -2.21. The predicted molar refractivity (Wildman–Crippen MR) is 88.6 cm³/mol. The molecular formula is C17H22N4O. The maximum Gasteiger partial charge on any atom is 0.225 e. The number of nitrogens with zero attached hydrogens (tertiary/aromatic N) is 2. The summed E-state index contributed by atoms with van der Waals surface area (Å²) >= 11 is 0. The Labute approximate surface area is 130 Å². The van der Waals surface area contributed by atoms with E-state index >= 15 is 0 Å². The molecule has 1 fully saturated rings. The molecular weight excluding hydrogens is 276 g/mol. The summed E-state index contributed by atoms with van der Waals surface area (Å²) in [5.41, 5.74) is 3.29. The van der Waals surface area contributed by atoms with E-state index in [0.717, 1.165) is 17.2 Å². The number of hydrogen-bond acceptors (Lipinski definition) is 5. The number of aliphatic hydroxyl groups excluding tert-OH is 1. The van der Waals surface area contributed by atoms with Crippen molar-refractivity contribution in [3.8, 4) is 0 Å². The first-order chi connectivity index (χ1) is 10.7. The van der Waals surface area contributed by atoms with Gasteiger partial charge in [-0.15, -0.1) is 0 Å². The standard InChI is InChI=1S/C17H22N4O/c1-11-5-3-4-6-14(11)19-16-9-15(13-7-8-13)20-17(21-16)18-12(2)10-22/h3-6,9,12-13,22H,7-8,10H2,1-2H3,(H2,18,19,20,21)/t12-/m0/s1. The van der Waals surface area contributed by atoms with E-state index in [1.54, 1.807) is 0 Å². The van der Waals surface area contributed by atoms with Crippen LogP contribution in [0.2, 0.25) is 0 Å².